The third kappa shape index (κ3) is 1.99. The van der Waals surface area contributed by atoms with Crippen molar-refractivity contribution in [3.8, 4) is 0 Å². The highest BCUT2D eigenvalue weighted by atomic mass is 79.9. The highest BCUT2D eigenvalue weighted by Crippen LogP contribution is 2.27. The molecule has 11 heavy (non-hydrogen) atoms. The minimum Gasteiger partial charge on any atom is -0.246 e. The molecule has 0 spiro atoms. The first-order chi connectivity index (χ1) is 5.15. The summed E-state index contributed by atoms with van der Waals surface area (Å²) in [5, 5.41) is 0. The van der Waals surface area contributed by atoms with Gasteiger partial charge < -0.3 is 0 Å². The molecule has 1 aromatic carbocycles. The van der Waals surface area contributed by atoms with Crippen molar-refractivity contribution in [1.29, 1.82) is 0 Å². The van der Waals surface area contributed by atoms with E-state index in [1.54, 1.807) is 0 Å². The molecule has 0 saturated carbocycles. The summed E-state index contributed by atoms with van der Waals surface area (Å²) in [6, 6.07) is 2.47. The Balaban J connectivity index is 3.25. The summed E-state index contributed by atoms with van der Waals surface area (Å²) in [4.78, 5) is 0. The maximum Gasteiger partial charge on any atom is 0.125 e. The van der Waals surface area contributed by atoms with Crippen molar-refractivity contribution in [3.63, 3.8) is 0 Å². The van der Waals surface area contributed by atoms with Gasteiger partial charge in [0.15, 0.2) is 0 Å². The van der Waals surface area contributed by atoms with Gasteiger partial charge in [0.1, 0.15) is 12.5 Å². The topological polar surface area (TPSA) is 0 Å². The van der Waals surface area contributed by atoms with Crippen LogP contribution in [0.3, 0.4) is 0 Å². The van der Waals surface area contributed by atoms with Gasteiger partial charge in [0, 0.05) is 14.5 Å². The third-order valence-electron chi connectivity index (χ3n) is 1.24. The zero-order valence-corrected chi connectivity index (χ0v) is 8.55. The smallest absolute Gasteiger partial charge is 0.125 e. The lowest BCUT2D eigenvalue weighted by Crippen LogP contribution is -1.85. The zero-order valence-electron chi connectivity index (χ0n) is 5.37. The van der Waals surface area contributed by atoms with E-state index in [4.69, 9.17) is 0 Å². The predicted octanol–water partition coefficient (Wildman–Crippen LogP) is 3.82. The Bertz CT molecular complexity index is 250. The van der Waals surface area contributed by atoms with E-state index in [1.807, 2.05) is 0 Å². The zero-order chi connectivity index (χ0) is 8.43. The molecule has 4 heteroatoms. The number of halogens is 4. The first kappa shape index (κ1) is 9.13. The van der Waals surface area contributed by atoms with Crippen molar-refractivity contribution in [2.75, 3.05) is 0 Å². The van der Waals surface area contributed by atoms with E-state index in [9.17, 15) is 8.78 Å². The van der Waals surface area contributed by atoms with E-state index in [1.165, 1.54) is 12.1 Å². The average molecular weight is 286 g/mol. The summed E-state index contributed by atoms with van der Waals surface area (Å²) >= 11 is 6.10. The molecule has 0 atom stereocenters. The molecule has 0 unspecified atom stereocenters. The number of rotatable bonds is 1. The summed E-state index contributed by atoms with van der Waals surface area (Å²) < 4.78 is 25.7. The molecule has 0 heterocycles. The van der Waals surface area contributed by atoms with Gasteiger partial charge in [-0.15, -0.1) is 0 Å². The Labute approximate surface area is 79.9 Å². The first-order valence-electron chi connectivity index (χ1n) is 2.84. The average Bonchev–Trinajstić information content (AvgIpc) is 1.85. The Morgan fingerprint density at radius 1 is 1.18 bits per heavy atom. The van der Waals surface area contributed by atoms with Gasteiger partial charge in [-0.2, -0.15) is 0 Å². The van der Waals surface area contributed by atoms with Crippen LogP contribution < -0.4 is 0 Å². The van der Waals surface area contributed by atoms with Crippen LogP contribution in [0.25, 0.3) is 0 Å². The summed E-state index contributed by atoms with van der Waals surface area (Å²) in [5.74, 6) is -0.388. The number of alkyl halides is 1. The second-order valence-electron chi connectivity index (χ2n) is 1.98. The van der Waals surface area contributed by atoms with Crippen molar-refractivity contribution >= 4 is 31.9 Å². The van der Waals surface area contributed by atoms with E-state index in [-0.39, 0.29) is 5.82 Å². The summed E-state index contributed by atoms with van der Waals surface area (Å²) in [6.45, 7) is -0.610. The molecule has 1 rings (SSSR count). The van der Waals surface area contributed by atoms with Gasteiger partial charge >= 0.3 is 0 Å². The standard InChI is InChI=1S/C7H4Br2F2/c8-6-1-4(11)2-7(9)5(6)3-10/h1-2H,3H2. The Morgan fingerprint density at radius 2 is 1.64 bits per heavy atom. The van der Waals surface area contributed by atoms with Gasteiger partial charge in [0.2, 0.25) is 0 Å². The van der Waals surface area contributed by atoms with E-state index in [0.29, 0.717) is 14.5 Å². The number of hydrogen-bond acceptors (Lipinski definition) is 0. The molecule has 0 amide bonds. The van der Waals surface area contributed by atoms with Gasteiger partial charge in [-0.25, -0.2) is 8.78 Å². The van der Waals surface area contributed by atoms with Crippen molar-refractivity contribution < 1.29 is 8.78 Å². The van der Waals surface area contributed by atoms with Gasteiger partial charge in [0.05, 0.1) is 0 Å². The molecule has 0 N–H and O–H groups in total. The molecule has 0 aliphatic heterocycles. The Hall–Kier alpha value is 0.0400. The molecule has 0 bridgehead atoms. The van der Waals surface area contributed by atoms with E-state index >= 15 is 0 Å². The van der Waals surface area contributed by atoms with Crippen LogP contribution in [0, 0.1) is 5.82 Å². The van der Waals surface area contributed by atoms with Crippen molar-refractivity contribution in [2.24, 2.45) is 0 Å². The van der Waals surface area contributed by atoms with Gasteiger partial charge in [0.25, 0.3) is 0 Å². The number of hydrogen-bond donors (Lipinski definition) is 0. The van der Waals surface area contributed by atoms with Crippen molar-refractivity contribution in [1.82, 2.24) is 0 Å². The molecular formula is C7H4Br2F2. The Morgan fingerprint density at radius 3 is 2.00 bits per heavy atom. The molecule has 0 radical (unpaired) electrons. The van der Waals surface area contributed by atoms with Gasteiger partial charge in [-0.05, 0) is 12.1 Å². The maximum atomic E-state index is 12.6. The lowest BCUT2D eigenvalue weighted by atomic mass is 10.2. The molecule has 1 aromatic rings. The van der Waals surface area contributed by atoms with Crippen LogP contribution in [0.5, 0.6) is 0 Å². The van der Waals surface area contributed by atoms with E-state index in [0.717, 1.165) is 0 Å². The van der Waals surface area contributed by atoms with Crippen LogP contribution in [0.2, 0.25) is 0 Å². The molecule has 0 aliphatic rings. The fourth-order valence-corrected chi connectivity index (χ4v) is 2.04. The third-order valence-corrected chi connectivity index (χ3v) is 2.65. The monoisotopic (exact) mass is 284 g/mol. The SMILES string of the molecule is FCc1c(Br)cc(F)cc1Br. The predicted molar refractivity (Wildman–Crippen MR) is 46.6 cm³/mol. The summed E-state index contributed by atoms with van der Waals surface area (Å²) in [7, 11) is 0. The normalized spacial score (nSPS) is 10.2. The minimum absolute atomic E-state index is 0.388. The second-order valence-corrected chi connectivity index (χ2v) is 3.69. The highest BCUT2D eigenvalue weighted by Gasteiger charge is 2.06. The van der Waals surface area contributed by atoms with E-state index < -0.39 is 6.67 Å². The van der Waals surface area contributed by atoms with Crippen LogP contribution in [0.4, 0.5) is 8.78 Å². The molecule has 0 aliphatic carbocycles. The van der Waals surface area contributed by atoms with E-state index in [2.05, 4.69) is 31.9 Å². The lowest BCUT2D eigenvalue weighted by molar-refractivity contribution is 0.481. The molecule has 60 valence electrons. The van der Waals surface area contributed by atoms with Crippen LogP contribution in [-0.4, -0.2) is 0 Å². The molecule has 0 saturated heterocycles. The number of benzene rings is 1. The fourth-order valence-electron chi connectivity index (χ4n) is 0.700. The quantitative estimate of drug-likeness (QED) is 0.736. The Kier molecular flexibility index (Phi) is 3.01. The largest absolute Gasteiger partial charge is 0.246 e. The first-order valence-corrected chi connectivity index (χ1v) is 4.43. The van der Waals surface area contributed by atoms with Gasteiger partial charge in [-0.3, -0.25) is 0 Å². The molecule has 0 nitrogen and oxygen atoms in total. The highest BCUT2D eigenvalue weighted by molar-refractivity contribution is 9.11. The fraction of sp³-hybridized carbons (Fsp3) is 0.143. The van der Waals surface area contributed by atoms with Crippen LogP contribution in [-0.2, 0) is 6.67 Å². The lowest BCUT2D eigenvalue weighted by Gasteiger charge is -2.01. The molecule has 0 fully saturated rings. The molecular weight excluding hydrogens is 282 g/mol. The van der Waals surface area contributed by atoms with Crippen LogP contribution in [0.15, 0.2) is 21.1 Å². The van der Waals surface area contributed by atoms with Crippen LogP contribution in [0.1, 0.15) is 5.56 Å². The van der Waals surface area contributed by atoms with Crippen molar-refractivity contribution in [3.05, 3.63) is 32.5 Å². The summed E-state index contributed by atoms with van der Waals surface area (Å²) in [6.07, 6.45) is 0. The molecule has 0 aromatic heterocycles. The maximum absolute atomic E-state index is 12.6. The minimum atomic E-state index is -0.610. The van der Waals surface area contributed by atoms with Gasteiger partial charge in [-0.1, -0.05) is 31.9 Å². The van der Waals surface area contributed by atoms with Crippen LogP contribution >= 0.6 is 31.9 Å². The summed E-state index contributed by atoms with van der Waals surface area (Å²) in [5.41, 5.74) is 0.436. The van der Waals surface area contributed by atoms with Crippen molar-refractivity contribution in [2.45, 2.75) is 6.67 Å². The second kappa shape index (κ2) is 3.63.